The topological polar surface area (TPSA) is 63.4 Å². The number of imide groups is 1. The SMILES string of the molecule is Cc1noc(C)c1C(=O)N(C)C(=O)Cl. The van der Waals surface area contributed by atoms with Crippen molar-refractivity contribution in [3.05, 3.63) is 17.0 Å². The molecule has 14 heavy (non-hydrogen) atoms. The van der Waals surface area contributed by atoms with E-state index in [4.69, 9.17) is 16.1 Å². The Labute approximate surface area is 85.6 Å². The third-order valence-corrected chi connectivity index (χ3v) is 2.07. The van der Waals surface area contributed by atoms with Crippen molar-refractivity contribution in [2.75, 3.05) is 7.05 Å². The van der Waals surface area contributed by atoms with Gasteiger partial charge >= 0.3 is 5.37 Å². The van der Waals surface area contributed by atoms with E-state index in [0.29, 0.717) is 11.5 Å². The molecule has 0 radical (unpaired) electrons. The van der Waals surface area contributed by atoms with Gasteiger partial charge in [-0.15, -0.1) is 0 Å². The second-order valence-electron chi connectivity index (χ2n) is 2.82. The first kappa shape index (κ1) is 10.7. The molecule has 0 bridgehead atoms. The van der Waals surface area contributed by atoms with E-state index < -0.39 is 11.3 Å². The molecule has 0 aliphatic rings. The highest BCUT2D eigenvalue weighted by Gasteiger charge is 2.23. The smallest absolute Gasteiger partial charge is 0.323 e. The number of nitrogens with zero attached hydrogens (tertiary/aromatic N) is 2. The zero-order valence-electron chi connectivity index (χ0n) is 8.00. The van der Waals surface area contributed by atoms with Crippen molar-refractivity contribution in [3.63, 3.8) is 0 Å². The summed E-state index contributed by atoms with van der Waals surface area (Å²) in [4.78, 5) is 23.1. The van der Waals surface area contributed by atoms with Gasteiger partial charge in [-0.3, -0.25) is 14.5 Å². The van der Waals surface area contributed by atoms with Crippen molar-refractivity contribution in [3.8, 4) is 0 Å². The Bertz CT molecular complexity index is 366. The monoisotopic (exact) mass is 216 g/mol. The molecule has 0 unspecified atom stereocenters. The lowest BCUT2D eigenvalue weighted by molar-refractivity contribution is 0.0845. The van der Waals surface area contributed by atoms with Gasteiger partial charge in [0.15, 0.2) is 0 Å². The van der Waals surface area contributed by atoms with Crippen LogP contribution in [0.3, 0.4) is 0 Å². The maximum absolute atomic E-state index is 11.6. The Morgan fingerprint density at radius 3 is 2.36 bits per heavy atom. The van der Waals surface area contributed by atoms with Crippen LogP contribution < -0.4 is 0 Å². The van der Waals surface area contributed by atoms with Gasteiger partial charge in [0.25, 0.3) is 5.91 Å². The molecule has 0 spiro atoms. The normalized spacial score (nSPS) is 10.0. The van der Waals surface area contributed by atoms with E-state index in [2.05, 4.69) is 5.16 Å². The fraction of sp³-hybridized carbons (Fsp3) is 0.375. The molecule has 1 rings (SSSR count). The van der Waals surface area contributed by atoms with Crippen LogP contribution in [-0.2, 0) is 0 Å². The number of halogens is 1. The van der Waals surface area contributed by atoms with Crippen LogP contribution in [-0.4, -0.2) is 28.4 Å². The molecule has 0 saturated carbocycles. The first-order valence-corrected chi connectivity index (χ1v) is 4.23. The summed E-state index contributed by atoms with van der Waals surface area (Å²) < 4.78 is 4.79. The standard InChI is InChI=1S/C8H9ClN2O3/c1-4-6(5(2)14-10-4)7(12)11(3)8(9)13/h1-3H3. The lowest BCUT2D eigenvalue weighted by atomic mass is 10.2. The second-order valence-corrected chi connectivity index (χ2v) is 3.14. The van der Waals surface area contributed by atoms with Crippen LogP contribution in [0.15, 0.2) is 4.52 Å². The zero-order chi connectivity index (χ0) is 10.9. The first-order chi connectivity index (χ1) is 6.45. The molecule has 1 heterocycles. The van der Waals surface area contributed by atoms with Crippen LogP contribution >= 0.6 is 11.6 Å². The minimum atomic E-state index is -0.838. The molecule has 0 atom stereocenters. The number of hydrogen-bond donors (Lipinski definition) is 0. The van der Waals surface area contributed by atoms with Gasteiger partial charge in [0.05, 0.1) is 5.69 Å². The van der Waals surface area contributed by atoms with Crippen molar-refractivity contribution in [1.82, 2.24) is 10.1 Å². The van der Waals surface area contributed by atoms with Crippen LogP contribution in [0, 0.1) is 13.8 Å². The first-order valence-electron chi connectivity index (χ1n) is 3.85. The Hall–Kier alpha value is -1.36. The quantitative estimate of drug-likeness (QED) is 0.530. The van der Waals surface area contributed by atoms with Crippen molar-refractivity contribution >= 4 is 22.9 Å². The Morgan fingerprint density at radius 2 is 2.00 bits per heavy atom. The number of carbonyl (C=O) groups excluding carboxylic acids is 2. The molecule has 0 aromatic carbocycles. The molecule has 0 aliphatic carbocycles. The number of carbonyl (C=O) groups is 2. The predicted octanol–water partition coefficient (Wildman–Crippen LogP) is 1.72. The summed E-state index contributed by atoms with van der Waals surface area (Å²) >= 11 is 5.16. The molecular weight excluding hydrogens is 208 g/mol. The van der Waals surface area contributed by atoms with E-state index in [1.807, 2.05) is 0 Å². The van der Waals surface area contributed by atoms with Gasteiger partial charge in [-0.1, -0.05) is 5.16 Å². The average molecular weight is 217 g/mol. The molecule has 76 valence electrons. The molecule has 5 nitrogen and oxygen atoms in total. The number of aryl methyl sites for hydroxylation is 2. The molecule has 0 fully saturated rings. The lowest BCUT2D eigenvalue weighted by Gasteiger charge is -2.10. The van der Waals surface area contributed by atoms with Crippen LogP contribution in [0.5, 0.6) is 0 Å². The van der Waals surface area contributed by atoms with E-state index in [1.165, 1.54) is 7.05 Å². The number of hydrogen-bond acceptors (Lipinski definition) is 4. The maximum atomic E-state index is 11.6. The van der Waals surface area contributed by atoms with E-state index in [9.17, 15) is 9.59 Å². The Balaban J connectivity index is 3.06. The highest BCUT2D eigenvalue weighted by Crippen LogP contribution is 2.14. The fourth-order valence-corrected chi connectivity index (χ4v) is 1.11. The van der Waals surface area contributed by atoms with Crippen molar-refractivity contribution < 1.29 is 14.1 Å². The number of rotatable bonds is 1. The van der Waals surface area contributed by atoms with Gasteiger partial charge in [-0.25, -0.2) is 0 Å². The minimum Gasteiger partial charge on any atom is -0.361 e. The van der Waals surface area contributed by atoms with E-state index in [0.717, 1.165) is 4.90 Å². The van der Waals surface area contributed by atoms with Gasteiger partial charge in [-0.05, 0) is 25.4 Å². The Morgan fingerprint density at radius 1 is 1.43 bits per heavy atom. The zero-order valence-corrected chi connectivity index (χ0v) is 8.75. The summed E-state index contributed by atoms with van der Waals surface area (Å²) in [6, 6.07) is 0. The van der Waals surface area contributed by atoms with Gasteiger partial charge in [0, 0.05) is 7.05 Å². The van der Waals surface area contributed by atoms with Crippen molar-refractivity contribution in [1.29, 1.82) is 0 Å². The van der Waals surface area contributed by atoms with Crippen molar-refractivity contribution in [2.45, 2.75) is 13.8 Å². The van der Waals surface area contributed by atoms with E-state index in [1.54, 1.807) is 13.8 Å². The average Bonchev–Trinajstić information content (AvgIpc) is 2.44. The summed E-state index contributed by atoms with van der Waals surface area (Å²) in [5.74, 6) is -0.140. The molecule has 1 aromatic rings. The number of amides is 2. The highest BCUT2D eigenvalue weighted by molar-refractivity contribution is 6.64. The second kappa shape index (κ2) is 3.79. The Kier molecular flexibility index (Phi) is 2.90. The lowest BCUT2D eigenvalue weighted by Crippen LogP contribution is -2.29. The minimum absolute atomic E-state index is 0.279. The molecule has 1 aromatic heterocycles. The summed E-state index contributed by atoms with van der Waals surface area (Å²) in [5, 5.41) is 2.76. The molecule has 6 heteroatoms. The van der Waals surface area contributed by atoms with Crippen LogP contribution in [0.2, 0.25) is 0 Å². The van der Waals surface area contributed by atoms with Gasteiger partial charge in [0.2, 0.25) is 0 Å². The van der Waals surface area contributed by atoms with Gasteiger partial charge in [0.1, 0.15) is 11.3 Å². The van der Waals surface area contributed by atoms with E-state index in [-0.39, 0.29) is 5.56 Å². The van der Waals surface area contributed by atoms with Crippen LogP contribution in [0.4, 0.5) is 4.79 Å². The molecule has 0 aliphatic heterocycles. The van der Waals surface area contributed by atoms with Gasteiger partial charge in [-0.2, -0.15) is 0 Å². The molecule has 0 saturated heterocycles. The molecule has 0 N–H and O–H groups in total. The highest BCUT2D eigenvalue weighted by atomic mass is 35.5. The number of aromatic nitrogens is 1. The largest absolute Gasteiger partial charge is 0.361 e. The van der Waals surface area contributed by atoms with Crippen LogP contribution in [0.25, 0.3) is 0 Å². The third kappa shape index (κ3) is 1.77. The fourth-order valence-electron chi connectivity index (χ4n) is 1.04. The van der Waals surface area contributed by atoms with Crippen LogP contribution in [0.1, 0.15) is 21.8 Å². The van der Waals surface area contributed by atoms with E-state index >= 15 is 0 Å². The summed E-state index contributed by atoms with van der Waals surface area (Å²) in [6.07, 6.45) is 0. The van der Waals surface area contributed by atoms with Crippen molar-refractivity contribution in [2.24, 2.45) is 0 Å². The maximum Gasteiger partial charge on any atom is 0.323 e. The summed E-state index contributed by atoms with van der Waals surface area (Å²) in [7, 11) is 1.30. The molecular formula is C8H9ClN2O3. The summed E-state index contributed by atoms with van der Waals surface area (Å²) in [6.45, 7) is 3.22. The van der Waals surface area contributed by atoms with Gasteiger partial charge < -0.3 is 4.52 Å². The molecule has 2 amide bonds. The summed E-state index contributed by atoms with van der Waals surface area (Å²) in [5.41, 5.74) is 0.721. The third-order valence-electron chi connectivity index (χ3n) is 1.82. The predicted molar refractivity (Wildman–Crippen MR) is 49.3 cm³/mol.